The van der Waals surface area contributed by atoms with E-state index in [1.807, 2.05) is 25.1 Å². The molecule has 0 aliphatic heterocycles. The summed E-state index contributed by atoms with van der Waals surface area (Å²) < 4.78 is 11.0. The van der Waals surface area contributed by atoms with Crippen LogP contribution in [-0.2, 0) is 6.54 Å². The summed E-state index contributed by atoms with van der Waals surface area (Å²) in [7, 11) is 0. The van der Waals surface area contributed by atoms with E-state index in [-0.39, 0.29) is 19.0 Å². The molecule has 0 saturated carbocycles. The molecule has 0 bridgehead atoms. The normalized spacial score (nSPS) is 9.32. The van der Waals surface area contributed by atoms with Gasteiger partial charge in [0, 0.05) is 6.54 Å². The van der Waals surface area contributed by atoms with Crippen molar-refractivity contribution in [3.05, 3.63) is 23.8 Å². The lowest BCUT2D eigenvalue weighted by Crippen LogP contribution is -2.13. The van der Waals surface area contributed by atoms with Gasteiger partial charge >= 0.3 is 0 Å². The van der Waals surface area contributed by atoms with E-state index in [0.717, 1.165) is 25.3 Å². The highest BCUT2D eigenvalue weighted by Gasteiger charge is 2.05. The Morgan fingerprint density at radius 3 is 2.63 bits per heavy atom. The highest BCUT2D eigenvalue weighted by molar-refractivity contribution is 5.85. The molecule has 0 aromatic heterocycles. The molecule has 0 amide bonds. The van der Waals surface area contributed by atoms with Gasteiger partial charge in [-0.2, -0.15) is 0 Å². The van der Waals surface area contributed by atoms with Gasteiger partial charge in [-0.15, -0.1) is 18.8 Å². The first-order chi connectivity index (χ1) is 8.81. The van der Waals surface area contributed by atoms with E-state index >= 15 is 0 Å². The first kappa shape index (κ1) is 17.6. The molecule has 0 unspecified atom stereocenters. The summed E-state index contributed by atoms with van der Waals surface area (Å²) in [6, 6.07) is 5.93. The molecule has 0 saturated heterocycles. The molecule has 0 fully saturated rings. The van der Waals surface area contributed by atoms with Crippen LogP contribution in [0.3, 0.4) is 0 Å². The third kappa shape index (κ3) is 6.37. The Bertz CT molecular complexity index is 402. The van der Waals surface area contributed by atoms with Gasteiger partial charge in [0.2, 0.25) is 0 Å². The van der Waals surface area contributed by atoms with Gasteiger partial charge in [0.05, 0.1) is 6.61 Å². The smallest absolute Gasteiger partial charge is 0.162 e. The Labute approximate surface area is 122 Å². The minimum Gasteiger partial charge on any atom is -0.490 e. The molecule has 4 heteroatoms. The molecule has 1 rings (SSSR count). The molecule has 0 aliphatic rings. The molecular formula is C15H22ClNO2. The fraction of sp³-hybridized carbons (Fsp3) is 0.467. The molecule has 106 valence electrons. The second-order valence-corrected chi connectivity index (χ2v) is 3.88. The molecule has 0 heterocycles. The molecule has 0 aliphatic carbocycles. The summed E-state index contributed by atoms with van der Waals surface area (Å²) in [5, 5.41) is 3.35. The van der Waals surface area contributed by atoms with Gasteiger partial charge in [0.1, 0.15) is 6.61 Å². The molecule has 1 aromatic rings. The van der Waals surface area contributed by atoms with Crippen LogP contribution in [0.4, 0.5) is 0 Å². The average molecular weight is 284 g/mol. The van der Waals surface area contributed by atoms with Crippen molar-refractivity contribution in [2.75, 3.05) is 19.8 Å². The van der Waals surface area contributed by atoms with E-state index < -0.39 is 0 Å². The molecular weight excluding hydrogens is 262 g/mol. The van der Waals surface area contributed by atoms with Gasteiger partial charge in [-0.25, -0.2) is 0 Å². The lowest BCUT2D eigenvalue weighted by atomic mass is 10.2. The van der Waals surface area contributed by atoms with Gasteiger partial charge in [-0.1, -0.05) is 18.9 Å². The van der Waals surface area contributed by atoms with E-state index in [2.05, 4.69) is 18.2 Å². The van der Waals surface area contributed by atoms with E-state index in [9.17, 15) is 0 Å². The van der Waals surface area contributed by atoms with Crippen molar-refractivity contribution in [2.45, 2.75) is 26.8 Å². The van der Waals surface area contributed by atoms with Gasteiger partial charge in [0.15, 0.2) is 11.5 Å². The number of terminal acetylenes is 1. The van der Waals surface area contributed by atoms with Crippen molar-refractivity contribution in [3.8, 4) is 23.8 Å². The van der Waals surface area contributed by atoms with Crippen molar-refractivity contribution >= 4 is 12.4 Å². The maximum absolute atomic E-state index is 5.56. The summed E-state index contributed by atoms with van der Waals surface area (Å²) in [6.07, 6.45) is 6.31. The van der Waals surface area contributed by atoms with Crippen molar-refractivity contribution in [1.29, 1.82) is 0 Å². The fourth-order valence-electron chi connectivity index (χ4n) is 1.58. The summed E-state index contributed by atoms with van der Waals surface area (Å²) in [4.78, 5) is 0. The van der Waals surface area contributed by atoms with Crippen LogP contribution in [0.5, 0.6) is 11.5 Å². The molecule has 19 heavy (non-hydrogen) atoms. The molecule has 0 spiro atoms. The second kappa shape index (κ2) is 10.5. The maximum Gasteiger partial charge on any atom is 0.162 e. The third-order valence-electron chi connectivity index (χ3n) is 2.37. The van der Waals surface area contributed by atoms with E-state index in [1.165, 1.54) is 5.56 Å². The maximum atomic E-state index is 5.56. The first-order valence-electron chi connectivity index (χ1n) is 6.34. The topological polar surface area (TPSA) is 30.5 Å². The van der Waals surface area contributed by atoms with E-state index in [0.29, 0.717) is 12.4 Å². The zero-order chi connectivity index (χ0) is 13.2. The quantitative estimate of drug-likeness (QED) is 0.588. The average Bonchev–Trinajstić information content (AvgIpc) is 2.38. The highest BCUT2D eigenvalue weighted by atomic mass is 35.5. The van der Waals surface area contributed by atoms with Crippen molar-refractivity contribution in [2.24, 2.45) is 0 Å². The Balaban J connectivity index is 0.00000324. The minimum atomic E-state index is 0. The van der Waals surface area contributed by atoms with Crippen LogP contribution in [0.1, 0.15) is 25.8 Å². The number of benzene rings is 1. The van der Waals surface area contributed by atoms with Crippen LogP contribution in [-0.4, -0.2) is 19.8 Å². The number of halogens is 1. The lowest BCUT2D eigenvalue weighted by Gasteiger charge is -2.12. The first-order valence-corrected chi connectivity index (χ1v) is 6.34. The highest BCUT2D eigenvalue weighted by Crippen LogP contribution is 2.28. The number of rotatable bonds is 8. The van der Waals surface area contributed by atoms with Crippen LogP contribution in [0, 0.1) is 12.3 Å². The van der Waals surface area contributed by atoms with Crippen molar-refractivity contribution < 1.29 is 9.47 Å². The third-order valence-corrected chi connectivity index (χ3v) is 2.37. The minimum absolute atomic E-state index is 0. The molecule has 0 radical (unpaired) electrons. The van der Waals surface area contributed by atoms with Crippen LogP contribution in [0.15, 0.2) is 18.2 Å². The molecule has 1 N–H and O–H groups in total. The van der Waals surface area contributed by atoms with Crippen LogP contribution >= 0.6 is 12.4 Å². The van der Waals surface area contributed by atoms with Gasteiger partial charge < -0.3 is 14.8 Å². The standard InChI is InChI=1S/C15H21NO2.ClH/c1-4-9-16-12-13-7-8-14(18-10-5-2)15(11-13)17-6-3;/h2,7-8,11,16H,4,6,9-10,12H2,1,3H3;1H. The van der Waals surface area contributed by atoms with E-state index in [4.69, 9.17) is 15.9 Å². The lowest BCUT2D eigenvalue weighted by molar-refractivity contribution is 0.299. The van der Waals surface area contributed by atoms with Gasteiger partial charge in [-0.05, 0) is 37.6 Å². The number of ether oxygens (including phenoxy) is 2. The Kier molecular flexibility index (Phi) is 9.78. The fourth-order valence-corrected chi connectivity index (χ4v) is 1.58. The predicted molar refractivity (Wildman–Crippen MR) is 81.2 cm³/mol. The Morgan fingerprint density at radius 2 is 2.00 bits per heavy atom. The van der Waals surface area contributed by atoms with Gasteiger partial charge in [-0.3, -0.25) is 0 Å². The second-order valence-electron chi connectivity index (χ2n) is 3.88. The summed E-state index contributed by atoms with van der Waals surface area (Å²) >= 11 is 0. The summed E-state index contributed by atoms with van der Waals surface area (Å²) in [5.74, 6) is 3.91. The predicted octanol–water partition coefficient (Wildman–Crippen LogP) is 3.02. The van der Waals surface area contributed by atoms with Crippen LogP contribution in [0.25, 0.3) is 0 Å². The van der Waals surface area contributed by atoms with Crippen molar-refractivity contribution in [3.63, 3.8) is 0 Å². The van der Waals surface area contributed by atoms with Crippen LogP contribution in [0.2, 0.25) is 0 Å². The summed E-state index contributed by atoms with van der Waals surface area (Å²) in [5.41, 5.74) is 1.18. The Morgan fingerprint density at radius 1 is 1.21 bits per heavy atom. The number of hydrogen-bond acceptors (Lipinski definition) is 3. The summed E-state index contributed by atoms with van der Waals surface area (Å²) in [6.45, 7) is 6.82. The van der Waals surface area contributed by atoms with Gasteiger partial charge in [0.25, 0.3) is 0 Å². The Hall–Kier alpha value is -1.37. The van der Waals surface area contributed by atoms with E-state index in [1.54, 1.807) is 0 Å². The number of nitrogens with one attached hydrogen (secondary N) is 1. The van der Waals surface area contributed by atoms with Crippen molar-refractivity contribution in [1.82, 2.24) is 5.32 Å². The number of hydrogen-bond donors (Lipinski definition) is 1. The van der Waals surface area contributed by atoms with Crippen LogP contribution < -0.4 is 14.8 Å². The zero-order valence-corrected chi connectivity index (χ0v) is 12.4. The molecule has 1 aromatic carbocycles. The largest absolute Gasteiger partial charge is 0.490 e. The molecule has 0 atom stereocenters. The SMILES string of the molecule is C#CCOc1ccc(CNCCC)cc1OCC.Cl. The molecule has 3 nitrogen and oxygen atoms in total. The zero-order valence-electron chi connectivity index (χ0n) is 11.6. The monoisotopic (exact) mass is 283 g/mol.